The first kappa shape index (κ1) is 12.2. The number of hydrogen-bond donors (Lipinski definition) is 1. The van der Waals surface area contributed by atoms with Gasteiger partial charge in [-0.1, -0.05) is 13.8 Å². The molecule has 1 aromatic heterocycles. The number of hydrogen-bond acceptors (Lipinski definition) is 2. The van der Waals surface area contributed by atoms with Gasteiger partial charge in [-0.3, -0.25) is 9.59 Å². The number of H-pyrrole nitrogens is 1. The predicted octanol–water partition coefficient (Wildman–Crippen LogP) is 3.46. The van der Waals surface area contributed by atoms with E-state index >= 15 is 0 Å². The van der Waals surface area contributed by atoms with Gasteiger partial charge in [0, 0.05) is 17.9 Å². The van der Waals surface area contributed by atoms with Crippen molar-refractivity contribution < 1.29 is 11.0 Å². The van der Waals surface area contributed by atoms with Gasteiger partial charge in [0.05, 0.1) is 5.69 Å². The van der Waals surface area contributed by atoms with Crippen molar-refractivity contribution in [2.45, 2.75) is 20.8 Å². The number of benzene rings is 1. The van der Waals surface area contributed by atoms with E-state index in [-0.39, 0.29) is 7.21 Å². The molecular weight excluding hydrogens is 202 g/mol. The molecule has 86 valence electrons. The zero-order valence-electron chi connectivity index (χ0n) is 9.70. The van der Waals surface area contributed by atoms with Crippen LogP contribution in [0.25, 0.3) is 10.9 Å². The smallest absolute Gasteiger partial charge is 0.166 e. The average Bonchev–Trinajstić information content (AvgIpc) is 2.73. The fourth-order valence-electron chi connectivity index (χ4n) is 1.44. The maximum absolute atomic E-state index is 11.1. The summed E-state index contributed by atoms with van der Waals surface area (Å²) < 4.78 is 0. The predicted molar refractivity (Wildman–Crippen MR) is 67.2 cm³/mol. The number of rotatable bonds is 2. The highest BCUT2D eigenvalue weighted by atomic mass is 16.1. The molecule has 0 radical (unpaired) electrons. The summed E-state index contributed by atoms with van der Waals surface area (Å²) in [5.74, 6) is 0.0285. The Labute approximate surface area is 96.0 Å². The normalized spacial score (nSPS) is 9.44. The summed E-state index contributed by atoms with van der Waals surface area (Å²) in [5.41, 5.74) is 2.06. The summed E-state index contributed by atoms with van der Waals surface area (Å²) >= 11 is 0. The van der Waals surface area contributed by atoms with Crippen molar-refractivity contribution in [2.75, 3.05) is 0 Å². The van der Waals surface area contributed by atoms with Gasteiger partial charge in [-0.15, -0.1) is 0 Å². The standard InChI is InChI=1S/C11H9NO2.C2H6.H2/c1-7(14)8-2-3-11-9(4-8)5-10(6-13)12-11;1-2;/h2-6,12H,1H3;1-2H3;1H. The summed E-state index contributed by atoms with van der Waals surface area (Å²) in [4.78, 5) is 24.5. The zero-order chi connectivity index (χ0) is 12.1. The quantitative estimate of drug-likeness (QED) is 0.621. The molecule has 3 heteroatoms. The van der Waals surface area contributed by atoms with E-state index in [4.69, 9.17) is 0 Å². The molecule has 1 heterocycles. The summed E-state index contributed by atoms with van der Waals surface area (Å²) in [7, 11) is 0. The molecule has 0 aliphatic rings. The van der Waals surface area contributed by atoms with Crippen LogP contribution in [0.4, 0.5) is 0 Å². The molecule has 0 unspecified atom stereocenters. The van der Waals surface area contributed by atoms with Crippen molar-refractivity contribution in [3.05, 3.63) is 35.5 Å². The molecule has 0 aliphatic heterocycles. The van der Waals surface area contributed by atoms with Crippen LogP contribution in [-0.4, -0.2) is 17.1 Å². The third-order valence-electron chi connectivity index (χ3n) is 2.18. The van der Waals surface area contributed by atoms with E-state index in [2.05, 4.69) is 4.98 Å². The highest BCUT2D eigenvalue weighted by Crippen LogP contribution is 2.16. The Morgan fingerprint density at radius 2 is 2.00 bits per heavy atom. The number of aromatic amines is 1. The molecule has 16 heavy (non-hydrogen) atoms. The van der Waals surface area contributed by atoms with Crippen LogP contribution in [0, 0.1) is 0 Å². The van der Waals surface area contributed by atoms with Crippen molar-refractivity contribution >= 4 is 23.0 Å². The van der Waals surface area contributed by atoms with Crippen molar-refractivity contribution in [1.29, 1.82) is 0 Å². The lowest BCUT2D eigenvalue weighted by Gasteiger charge is -1.94. The molecule has 0 saturated heterocycles. The van der Waals surface area contributed by atoms with E-state index in [0.29, 0.717) is 11.3 Å². The Morgan fingerprint density at radius 3 is 2.56 bits per heavy atom. The monoisotopic (exact) mass is 219 g/mol. The van der Waals surface area contributed by atoms with E-state index < -0.39 is 0 Å². The van der Waals surface area contributed by atoms with Crippen LogP contribution in [0.15, 0.2) is 24.3 Å². The Morgan fingerprint density at radius 1 is 1.31 bits per heavy atom. The highest BCUT2D eigenvalue weighted by Gasteiger charge is 2.03. The van der Waals surface area contributed by atoms with E-state index in [1.165, 1.54) is 6.92 Å². The Kier molecular flexibility index (Phi) is 4.00. The highest BCUT2D eigenvalue weighted by molar-refractivity contribution is 5.99. The Bertz CT molecular complexity index is 517. The van der Waals surface area contributed by atoms with Crippen LogP contribution in [0.1, 0.15) is 43.0 Å². The minimum Gasteiger partial charge on any atom is -0.352 e. The maximum atomic E-state index is 11.1. The van der Waals surface area contributed by atoms with E-state index in [0.717, 1.165) is 17.2 Å². The topological polar surface area (TPSA) is 49.9 Å². The van der Waals surface area contributed by atoms with Gasteiger partial charge in [0.25, 0.3) is 0 Å². The number of carbonyl (C=O) groups excluding carboxylic acids is 2. The van der Waals surface area contributed by atoms with Gasteiger partial charge in [-0.05, 0) is 31.2 Å². The Hall–Kier alpha value is -1.90. The van der Waals surface area contributed by atoms with Crippen LogP contribution in [0.3, 0.4) is 0 Å². The fourth-order valence-corrected chi connectivity index (χ4v) is 1.44. The van der Waals surface area contributed by atoms with Gasteiger partial charge >= 0.3 is 0 Å². The molecule has 1 N–H and O–H groups in total. The van der Waals surface area contributed by atoms with Gasteiger partial charge in [-0.2, -0.15) is 0 Å². The molecule has 0 spiro atoms. The molecule has 1 aromatic carbocycles. The third kappa shape index (κ3) is 2.37. The van der Waals surface area contributed by atoms with Gasteiger partial charge in [-0.25, -0.2) is 0 Å². The molecule has 0 saturated carbocycles. The second-order valence-corrected chi connectivity index (χ2v) is 3.20. The number of ketones is 1. The second kappa shape index (κ2) is 5.26. The third-order valence-corrected chi connectivity index (χ3v) is 2.18. The molecule has 0 bridgehead atoms. The van der Waals surface area contributed by atoms with Gasteiger partial charge in [0.1, 0.15) is 0 Å². The summed E-state index contributed by atoms with van der Waals surface area (Å²) in [6, 6.07) is 7.06. The van der Waals surface area contributed by atoms with Gasteiger partial charge in [0.2, 0.25) is 0 Å². The van der Waals surface area contributed by atoms with Crippen LogP contribution < -0.4 is 0 Å². The van der Waals surface area contributed by atoms with Crippen LogP contribution in [0.5, 0.6) is 0 Å². The van der Waals surface area contributed by atoms with Crippen molar-refractivity contribution in [1.82, 2.24) is 4.98 Å². The number of aldehydes is 1. The second-order valence-electron chi connectivity index (χ2n) is 3.20. The lowest BCUT2D eigenvalue weighted by atomic mass is 10.1. The van der Waals surface area contributed by atoms with Crippen LogP contribution >= 0.6 is 0 Å². The molecule has 0 fully saturated rings. The molecular formula is C13H17NO2. The van der Waals surface area contributed by atoms with E-state index in [9.17, 15) is 9.59 Å². The van der Waals surface area contributed by atoms with E-state index in [1.807, 2.05) is 13.8 Å². The van der Waals surface area contributed by atoms with E-state index in [1.54, 1.807) is 24.3 Å². The summed E-state index contributed by atoms with van der Waals surface area (Å²) in [6.45, 7) is 5.52. The minimum atomic E-state index is 0. The average molecular weight is 219 g/mol. The summed E-state index contributed by atoms with van der Waals surface area (Å²) in [6.07, 6.45) is 0.757. The lowest BCUT2D eigenvalue weighted by molar-refractivity contribution is 0.101. The Balaban J connectivity index is 0.000000811. The number of Topliss-reactive ketones (excluding diaryl/α,β-unsaturated/α-hetero) is 1. The van der Waals surface area contributed by atoms with Crippen LogP contribution in [-0.2, 0) is 0 Å². The number of nitrogens with one attached hydrogen (secondary N) is 1. The molecule has 0 atom stereocenters. The first-order valence-corrected chi connectivity index (χ1v) is 5.29. The lowest BCUT2D eigenvalue weighted by Crippen LogP contribution is -1.89. The van der Waals surface area contributed by atoms with Gasteiger partial charge in [0.15, 0.2) is 12.1 Å². The first-order valence-electron chi connectivity index (χ1n) is 5.29. The molecule has 2 rings (SSSR count). The number of aromatic nitrogens is 1. The molecule has 0 aliphatic carbocycles. The van der Waals surface area contributed by atoms with Gasteiger partial charge < -0.3 is 4.98 Å². The molecule has 0 amide bonds. The molecule has 3 nitrogen and oxygen atoms in total. The SMILES string of the molecule is CC.CC(=O)c1ccc2[nH]c(C=O)cc2c1.[HH]. The van der Waals surface area contributed by atoms with Crippen LogP contribution in [0.2, 0.25) is 0 Å². The summed E-state index contributed by atoms with van der Waals surface area (Å²) in [5, 5.41) is 0.889. The van der Waals surface area contributed by atoms with Crippen molar-refractivity contribution in [2.24, 2.45) is 0 Å². The van der Waals surface area contributed by atoms with Crippen molar-refractivity contribution in [3.63, 3.8) is 0 Å². The largest absolute Gasteiger partial charge is 0.352 e. The minimum absolute atomic E-state index is 0. The number of fused-ring (bicyclic) bond motifs is 1. The fraction of sp³-hybridized carbons (Fsp3) is 0.231. The zero-order valence-corrected chi connectivity index (χ0v) is 9.70. The maximum Gasteiger partial charge on any atom is 0.166 e. The van der Waals surface area contributed by atoms with Crippen molar-refractivity contribution in [3.8, 4) is 0 Å². The first-order chi connectivity index (χ1) is 7.70. The molecule has 2 aromatic rings. The number of carbonyl (C=O) groups is 2.